The van der Waals surface area contributed by atoms with Crippen molar-refractivity contribution in [2.24, 2.45) is 5.92 Å². The monoisotopic (exact) mass is 311 g/mol. The van der Waals surface area contributed by atoms with Crippen molar-refractivity contribution in [3.63, 3.8) is 0 Å². The minimum atomic E-state index is -3.59. The summed E-state index contributed by atoms with van der Waals surface area (Å²) in [4.78, 5) is 12.0. The Morgan fingerprint density at radius 1 is 1.43 bits per heavy atom. The predicted octanol–water partition coefficient (Wildman–Crippen LogP) is 0.724. The number of benzene rings is 1. The third-order valence-electron chi connectivity index (χ3n) is 3.82. The number of nitrogens with one attached hydrogen (secondary N) is 1. The molecule has 0 radical (unpaired) electrons. The summed E-state index contributed by atoms with van der Waals surface area (Å²) in [6.07, 6.45) is 1.40. The van der Waals surface area contributed by atoms with Crippen LogP contribution in [0.4, 0.5) is 5.69 Å². The molecule has 1 amide bonds. The van der Waals surface area contributed by atoms with Crippen LogP contribution in [0.3, 0.4) is 0 Å². The number of amides is 1. The predicted molar refractivity (Wildman–Crippen MR) is 81.1 cm³/mol. The minimum Gasteiger partial charge on any atom is -0.399 e. The van der Waals surface area contributed by atoms with Crippen LogP contribution >= 0.6 is 0 Å². The molecule has 2 rings (SSSR count). The first-order valence-electron chi connectivity index (χ1n) is 6.94. The average Bonchev–Trinajstić information content (AvgIpc) is 2.46. The average molecular weight is 311 g/mol. The number of rotatable bonds is 3. The zero-order chi connectivity index (χ0) is 15.6. The van der Waals surface area contributed by atoms with Crippen LogP contribution < -0.4 is 11.1 Å². The number of sulfonamides is 1. The molecule has 7 heteroatoms. The highest BCUT2D eigenvalue weighted by Gasteiger charge is 2.33. The van der Waals surface area contributed by atoms with Crippen molar-refractivity contribution in [2.45, 2.75) is 24.7 Å². The fourth-order valence-corrected chi connectivity index (χ4v) is 4.41. The van der Waals surface area contributed by atoms with Crippen LogP contribution in [0, 0.1) is 12.8 Å². The molecule has 1 aliphatic rings. The summed E-state index contributed by atoms with van der Waals surface area (Å²) in [5, 5.41) is 2.59. The van der Waals surface area contributed by atoms with Gasteiger partial charge in [0, 0.05) is 25.8 Å². The molecule has 21 heavy (non-hydrogen) atoms. The minimum absolute atomic E-state index is 0.107. The first kappa shape index (κ1) is 15.8. The normalized spacial score (nSPS) is 20.2. The molecule has 0 saturated carbocycles. The second-order valence-corrected chi connectivity index (χ2v) is 7.25. The van der Waals surface area contributed by atoms with E-state index in [0.29, 0.717) is 30.6 Å². The Morgan fingerprint density at radius 2 is 2.14 bits per heavy atom. The Morgan fingerprint density at radius 3 is 2.76 bits per heavy atom. The smallest absolute Gasteiger partial charge is 0.243 e. The Kier molecular flexibility index (Phi) is 4.53. The molecule has 1 fully saturated rings. The zero-order valence-electron chi connectivity index (χ0n) is 12.3. The van der Waals surface area contributed by atoms with Gasteiger partial charge in [0.15, 0.2) is 0 Å². The standard InChI is InChI=1S/C14H21N3O3S/c1-10-8-12(15)5-6-13(10)21(19,20)17-7-3-4-11(9-17)14(18)16-2/h5-6,8,11H,3-4,7,9,15H2,1-2H3,(H,16,18). The van der Waals surface area contributed by atoms with Gasteiger partial charge in [-0.05, 0) is 43.5 Å². The molecule has 1 aromatic rings. The number of hydrogen-bond donors (Lipinski definition) is 2. The van der Waals surface area contributed by atoms with E-state index in [0.717, 1.165) is 0 Å². The van der Waals surface area contributed by atoms with Gasteiger partial charge >= 0.3 is 0 Å². The van der Waals surface area contributed by atoms with Crippen molar-refractivity contribution in [3.05, 3.63) is 23.8 Å². The van der Waals surface area contributed by atoms with Crippen LogP contribution in [0.2, 0.25) is 0 Å². The van der Waals surface area contributed by atoms with Gasteiger partial charge in [-0.2, -0.15) is 4.31 Å². The highest BCUT2D eigenvalue weighted by atomic mass is 32.2. The van der Waals surface area contributed by atoms with Crippen molar-refractivity contribution in [3.8, 4) is 0 Å². The molecule has 1 unspecified atom stereocenters. The summed E-state index contributed by atoms with van der Waals surface area (Å²) in [5.41, 5.74) is 6.83. The fourth-order valence-electron chi connectivity index (χ4n) is 2.68. The third kappa shape index (κ3) is 3.19. The van der Waals surface area contributed by atoms with Crippen LogP contribution in [-0.2, 0) is 14.8 Å². The summed E-state index contributed by atoms with van der Waals surface area (Å²) >= 11 is 0. The van der Waals surface area contributed by atoms with Gasteiger partial charge in [-0.3, -0.25) is 4.79 Å². The van der Waals surface area contributed by atoms with E-state index >= 15 is 0 Å². The van der Waals surface area contributed by atoms with Crippen LogP contribution in [0.1, 0.15) is 18.4 Å². The molecule has 1 aliphatic heterocycles. The SMILES string of the molecule is CNC(=O)C1CCCN(S(=O)(=O)c2ccc(N)cc2C)C1. The summed E-state index contributed by atoms with van der Waals surface area (Å²) in [6.45, 7) is 2.40. The van der Waals surface area contributed by atoms with Crippen molar-refractivity contribution < 1.29 is 13.2 Å². The van der Waals surface area contributed by atoms with Crippen molar-refractivity contribution in [1.29, 1.82) is 0 Å². The summed E-state index contributed by atoms with van der Waals surface area (Å²) in [5.74, 6) is -0.392. The number of aryl methyl sites for hydroxylation is 1. The maximum absolute atomic E-state index is 12.7. The molecule has 116 valence electrons. The molecule has 1 aromatic carbocycles. The van der Waals surface area contributed by atoms with Crippen molar-refractivity contribution >= 4 is 21.6 Å². The van der Waals surface area contributed by atoms with Gasteiger partial charge in [0.25, 0.3) is 0 Å². The van der Waals surface area contributed by atoms with E-state index in [-0.39, 0.29) is 23.3 Å². The Bertz CT molecular complexity index is 643. The van der Waals surface area contributed by atoms with Crippen LogP contribution in [0.15, 0.2) is 23.1 Å². The summed E-state index contributed by atoms with van der Waals surface area (Å²) in [6, 6.07) is 4.76. The lowest BCUT2D eigenvalue weighted by Crippen LogP contribution is -2.44. The highest BCUT2D eigenvalue weighted by molar-refractivity contribution is 7.89. The lowest BCUT2D eigenvalue weighted by atomic mass is 9.99. The number of anilines is 1. The molecule has 0 aliphatic carbocycles. The third-order valence-corrected chi connectivity index (χ3v) is 5.84. The number of carbonyl (C=O) groups is 1. The molecular weight excluding hydrogens is 290 g/mol. The van der Waals surface area contributed by atoms with E-state index in [1.54, 1.807) is 26.1 Å². The highest BCUT2D eigenvalue weighted by Crippen LogP contribution is 2.26. The lowest BCUT2D eigenvalue weighted by Gasteiger charge is -2.31. The van der Waals surface area contributed by atoms with Crippen molar-refractivity contribution in [2.75, 3.05) is 25.9 Å². The van der Waals surface area contributed by atoms with E-state index in [2.05, 4.69) is 5.32 Å². The molecule has 1 atom stereocenters. The van der Waals surface area contributed by atoms with Crippen molar-refractivity contribution in [1.82, 2.24) is 9.62 Å². The number of carbonyl (C=O) groups excluding carboxylic acids is 1. The Balaban J connectivity index is 2.28. The van der Waals surface area contributed by atoms with E-state index < -0.39 is 10.0 Å². The van der Waals surface area contributed by atoms with Gasteiger partial charge in [0.2, 0.25) is 15.9 Å². The van der Waals surface area contributed by atoms with Crippen LogP contribution in [0.25, 0.3) is 0 Å². The second kappa shape index (κ2) is 6.03. The molecule has 1 heterocycles. The zero-order valence-corrected chi connectivity index (χ0v) is 13.1. The van der Waals surface area contributed by atoms with E-state index in [1.165, 1.54) is 10.4 Å². The molecule has 0 aromatic heterocycles. The maximum atomic E-state index is 12.7. The van der Waals surface area contributed by atoms with Gasteiger partial charge in [0.1, 0.15) is 0 Å². The first-order chi connectivity index (χ1) is 9.86. The maximum Gasteiger partial charge on any atom is 0.243 e. The van der Waals surface area contributed by atoms with Gasteiger partial charge in [0.05, 0.1) is 10.8 Å². The first-order valence-corrected chi connectivity index (χ1v) is 8.38. The molecule has 1 saturated heterocycles. The lowest BCUT2D eigenvalue weighted by molar-refractivity contribution is -0.125. The summed E-state index contributed by atoms with van der Waals surface area (Å²) in [7, 11) is -2.02. The quantitative estimate of drug-likeness (QED) is 0.805. The topological polar surface area (TPSA) is 92.5 Å². The number of hydrogen-bond acceptors (Lipinski definition) is 4. The van der Waals surface area contributed by atoms with Gasteiger partial charge in [-0.15, -0.1) is 0 Å². The Hall–Kier alpha value is -1.60. The fraction of sp³-hybridized carbons (Fsp3) is 0.500. The summed E-state index contributed by atoms with van der Waals surface area (Å²) < 4.78 is 26.9. The Labute approximate surface area is 125 Å². The molecular formula is C14H21N3O3S. The molecule has 6 nitrogen and oxygen atoms in total. The van der Waals surface area contributed by atoms with E-state index in [4.69, 9.17) is 5.73 Å². The second-order valence-electron chi connectivity index (χ2n) is 5.34. The van der Waals surface area contributed by atoms with Gasteiger partial charge < -0.3 is 11.1 Å². The van der Waals surface area contributed by atoms with Crippen LogP contribution in [0.5, 0.6) is 0 Å². The van der Waals surface area contributed by atoms with Gasteiger partial charge in [-0.25, -0.2) is 8.42 Å². The molecule has 3 N–H and O–H groups in total. The largest absolute Gasteiger partial charge is 0.399 e. The van der Waals surface area contributed by atoms with Crippen LogP contribution in [-0.4, -0.2) is 38.8 Å². The molecule has 0 bridgehead atoms. The van der Waals surface area contributed by atoms with E-state index in [9.17, 15) is 13.2 Å². The number of nitrogens with two attached hydrogens (primary N) is 1. The molecule has 0 spiro atoms. The van der Waals surface area contributed by atoms with Gasteiger partial charge in [-0.1, -0.05) is 0 Å². The number of nitrogen functional groups attached to an aromatic ring is 1. The van der Waals surface area contributed by atoms with E-state index in [1.807, 2.05) is 0 Å². The number of piperidine rings is 1. The number of nitrogens with zero attached hydrogens (tertiary/aromatic N) is 1.